The molecule has 4 heterocycles. The van der Waals surface area contributed by atoms with Crippen LogP contribution in [0.4, 0.5) is 0 Å². The lowest BCUT2D eigenvalue weighted by molar-refractivity contribution is -0.571. The highest BCUT2D eigenvalue weighted by Gasteiger charge is 2.35. The summed E-state index contributed by atoms with van der Waals surface area (Å²) in [6.45, 7) is 0.585. The number of aromatic amines is 2. The molecule has 1 atom stereocenters. The van der Waals surface area contributed by atoms with Gasteiger partial charge in [-0.3, -0.25) is 0 Å². The Balaban J connectivity index is 1.18. The molecule has 0 bridgehead atoms. The zero-order valence-corrected chi connectivity index (χ0v) is 19.5. The van der Waals surface area contributed by atoms with Crippen molar-refractivity contribution in [3.8, 4) is 22.5 Å². The van der Waals surface area contributed by atoms with Crippen LogP contribution in [0.3, 0.4) is 0 Å². The van der Waals surface area contributed by atoms with Crippen LogP contribution < -0.4 is 0 Å². The van der Waals surface area contributed by atoms with E-state index in [2.05, 4.69) is 62.4 Å². The summed E-state index contributed by atoms with van der Waals surface area (Å²) in [7, 11) is 0. The van der Waals surface area contributed by atoms with Gasteiger partial charge in [-0.2, -0.15) is 0 Å². The van der Waals surface area contributed by atoms with Gasteiger partial charge in [0.25, 0.3) is 6.04 Å². The van der Waals surface area contributed by atoms with Crippen LogP contribution in [0.5, 0.6) is 0 Å². The smallest absolute Gasteiger partial charge is 0.258 e. The zero-order valence-electron chi connectivity index (χ0n) is 19.5. The maximum atomic E-state index is 12.1. The molecule has 2 N–H and O–H groups in total. The summed E-state index contributed by atoms with van der Waals surface area (Å²) in [6.07, 6.45) is 8.74. The van der Waals surface area contributed by atoms with E-state index in [0.29, 0.717) is 12.5 Å². The van der Waals surface area contributed by atoms with Gasteiger partial charge in [0.15, 0.2) is 12.4 Å². The molecule has 0 radical (unpaired) electrons. The fourth-order valence-electron chi connectivity index (χ4n) is 5.71. The number of nitrogens with one attached hydrogen (secondary N) is 2. The van der Waals surface area contributed by atoms with Crippen LogP contribution in [0.25, 0.3) is 44.5 Å². The van der Waals surface area contributed by atoms with Crippen molar-refractivity contribution in [1.29, 1.82) is 0 Å². The van der Waals surface area contributed by atoms with E-state index >= 15 is 0 Å². The first-order valence-electron chi connectivity index (χ1n) is 12.6. The van der Waals surface area contributed by atoms with Gasteiger partial charge >= 0.3 is 0 Å². The van der Waals surface area contributed by atoms with E-state index in [1.807, 2.05) is 12.3 Å². The molecule has 1 unspecified atom stereocenters. The van der Waals surface area contributed by atoms with Gasteiger partial charge in [0.05, 0.1) is 34.1 Å². The van der Waals surface area contributed by atoms with Crippen molar-refractivity contribution in [3.05, 3.63) is 71.3 Å². The molecule has 2 fully saturated rings. The fraction of sp³-hybridized carbons (Fsp3) is 0.321. The number of hydrogen-bond acceptors (Lipinski definition) is 4. The van der Waals surface area contributed by atoms with Crippen LogP contribution in [0.2, 0.25) is 0 Å². The summed E-state index contributed by atoms with van der Waals surface area (Å²) in [5, 5.41) is 1.10. The summed E-state index contributed by atoms with van der Waals surface area (Å²) < 4.78 is 1.14. The highest BCUT2D eigenvalue weighted by molar-refractivity contribution is 5.88. The SMILES string of the molecule is O=[N+]1CCCC1c1nc2ccc(-c3ccc4nc(-c5cnc(C6CCCC6)[nH]5)ccc4c3)cc2[nH]1. The Labute approximate surface area is 202 Å². The summed E-state index contributed by atoms with van der Waals surface area (Å²) in [4.78, 5) is 33.2. The van der Waals surface area contributed by atoms with Gasteiger partial charge in [0, 0.05) is 33.8 Å². The second kappa shape index (κ2) is 8.12. The number of pyridine rings is 1. The molecular formula is C28H27N6O+. The van der Waals surface area contributed by atoms with Gasteiger partial charge in [-0.05, 0) is 54.3 Å². The van der Waals surface area contributed by atoms with Crippen molar-refractivity contribution in [3.63, 3.8) is 0 Å². The normalized spacial score (nSPS) is 18.9. The zero-order chi connectivity index (χ0) is 23.4. The van der Waals surface area contributed by atoms with Gasteiger partial charge in [-0.1, -0.05) is 31.0 Å². The Kier molecular flexibility index (Phi) is 4.75. The van der Waals surface area contributed by atoms with Crippen molar-refractivity contribution >= 4 is 21.9 Å². The molecule has 7 nitrogen and oxygen atoms in total. The first-order valence-corrected chi connectivity index (χ1v) is 12.6. The molecule has 7 rings (SSSR count). The lowest BCUT2D eigenvalue weighted by atomic mass is 10.0. The largest absolute Gasteiger partial charge is 0.341 e. The topological polar surface area (TPSA) is 90.3 Å². The van der Waals surface area contributed by atoms with Crippen LogP contribution in [0, 0.1) is 4.91 Å². The van der Waals surface area contributed by atoms with Crippen LogP contribution in [0.15, 0.2) is 54.7 Å². The van der Waals surface area contributed by atoms with Crippen LogP contribution in [-0.2, 0) is 0 Å². The molecule has 2 aromatic carbocycles. The van der Waals surface area contributed by atoms with Crippen LogP contribution in [-0.4, -0.2) is 36.2 Å². The molecule has 1 aliphatic carbocycles. The fourth-order valence-corrected chi connectivity index (χ4v) is 5.71. The molecular weight excluding hydrogens is 436 g/mol. The summed E-state index contributed by atoms with van der Waals surface area (Å²) in [5.41, 5.74) is 6.96. The number of rotatable bonds is 4. The molecule has 2 aliphatic rings. The second-order valence-electron chi connectivity index (χ2n) is 9.92. The van der Waals surface area contributed by atoms with E-state index in [1.165, 1.54) is 25.7 Å². The minimum Gasteiger partial charge on any atom is -0.341 e. The van der Waals surface area contributed by atoms with E-state index in [4.69, 9.17) is 4.98 Å². The molecule has 0 amide bonds. The van der Waals surface area contributed by atoms with Crippen molar-refractivity contribution < 1.29 is 4.76 Å². The standard InChI is InChI=1S/C28H27N6O/c35-34-13-3-6-26(34)28-31-22-11-8-19(15-24(22)32-28)18-7-10-21-20(14-18)9-12-23(30-21)25-16-29-27(33-25)17-4-1-2-5-17/h7-12,14-17,26H,1-6,13H2,(H,29,33)(H,31,32)/q+1. The van der Waals surface area contributed by atoms with Crippen molar-refractivity contribution in [1.82, 2.24) is 24.9 Å². The van der Waals surface area contributed by atoms with Gasteiger partial charge in [0.2, 0.25) is 0 Å². The maximum absolute atomic E-state index is 12.1. The molecule has 1 saturated carbocycles. The Bertz CT molecular complexity index is 1580. The minimum atomic E-state index is -0.157. The number of aromatic nitrogens is 5. The Morgan fingerprint density at radius 1 is 0.800 bits per heavy atom. The quantitative estimate of drug-likeness (QED) is 0.300. The van der Waals surface area contributed by atoms with E-state index < -0.39 is 0 Å². The number of benzene rings is 2. The van der Waals surface area contributed by atoms with Gasteiger partial charge < -0.3 is 9.97 Å². The van der Waals surface area contributed by atoms with Gasteiger partial charge in [-0.15, -0.1) is 0 Å². The van der Waals surface area contributed by atoms with Crippen molar-refractivity contribution in [2.24, 2.45) is 0 Å². The minimum absolute atomic E-state index is 0.157. The molecule has 7 heteroatoms. The number of H-pyrrole nitrogens is 2. The second-order valence-corrected chi connectivity index (χ2v) is 9.92. The van der Waals surface area contributed by atoms with Gasteiger partial charge in [0.1, 0.15) is 5.82 Å². The number of nitroso groups, excluding NO2 is 1. The number of nitrogens with zero attached hydrogens (tertiary/aromatic N) is 4. The lowest BCUT2D eigenvalue weighted by Gasteiger charge is -2.06. The molecule has 0 spiro atoms. The first kappa shape index (κ1) is 20.5. The Morgan fingerprint density at radius 3 is 2.46 bits per heavy atom. The molecule has 1 aliphatic heterocycles. The van der Waals surface area contributed by atoms with Crippen LogP contribution in [0.1, 0.15) is 62.1 Å². The summed E-state index contributed by atoms with van der Waals surface area (Å²) in [6, 6.07) is 16.7. The summed E-state index contributed by atoms with van der Waals surface area (Å²) in [5.74, 6) is 2.44. The number of hydrogen-bond donors (Lipinski definition) is 2. The highest BCUT2D eigenvalue weighted by Crippen LogP contribution is 2.34. The van der Waals surface area contributed by atoms with Crippen molar-refractivity contribution in [2.75, 3.05) is 6.54 Å². The molecule has 5 aromatic rings. The average molecular weight is 464 g/mol. The molecule has 1 saturated heterocycles. The molecule has 3 aromatic heterocycles. The molecule has 174 valence electrons. The van der Waals surface area contributed by atoms with Crippen molar-refractivity contribution in [2.45, 2.75) is 50.5 Å². The monoisotopic (exact) mass is 463 g/mol. The lowest BCUT2D eigenvalue weighted by Crippen LogP contribution is -2.09. The first-order chi connectivity index (χ1) is 17.2. The van der Waals surface area contributed by atoms with E-state index in [9.17, 15) is 4.91 Å². The third-order valence-electron chi connectivity index (χ3n) is 7.66. The van der Waals surface area contributed by atoms with Crippen LogP contribution >= 0.6 is 0 Å². The third-order valence-corrected chi connectivity index (χ3v) is 7.66. The van der Waals surface area contributed by atoms with E-state index in [1.54, 1.807) is 0 Å². The average Bonchev–Trinajstić information content (AvgIpc) is 3.69. The number of fused-ring (bicyclic) bond motifs is 2. The van der Waals surface area contributed by atoms with E-state index in [0.717, 1.165) is 73.7 Å². The summed E-state index contributed by atoms with van der Waals surface area (Å²) >= 11 is 0. The predicted octanol–water partition coefficient (Wildman–Crippen LogP) is 6.44. The van der Waals surface area contributed by atoms with Gasteiger partial charge in [-0.25, -0.2) is 15.0 Å². The third kappa shape index (κ3) is 3.62. The Morgan fingerprint density at radius 2 is 1.63 bits per heavy atom. The van der Waals surface area contributed by atoms with E-state index in [-0.39, 0.29) is 6.04 Å². The predicted molar refractivity (Wildman–Crippen MR) is 136 cm³/mol. The molecule has 35 heavy (non-hydrogen) atoms. The number of imidazole rings is 2. The maximum Gasteiger partial charge on any atom is 0.258 e. The highest BCUT2D eigenvalue weighted by atomic mass is 16.3. The Hall–Kier alpha value is -3.87.